The van der Waals surface area contributed by atoms with Crippen LogP contribution < -0.4 is 4.72 Å². The summed E-state index contributed by atoms with van der Waals surface area (Å²) >= 11 is 0. The summed E-state index contributed by atoms with van der Waals surface area (Å²) in [6.45, 7) is -0.130. The Bertz CT molecular complexity index is 617. The molecular weight excluding hydrogens is 296 g/mol. The molecule has 3 N–H and O–H groups in total. The van der Waals surface area contributed by atoms with Crippen molar-refractivity contribution >= 4 is 21.9 Å². The van der Waals surface area contributed by atoms with E-state index in [1.165, 1.54) is 6.07 Å². The van der Waals surface area contributed by atoms with Crippen LogP contribution in [0.15, 0.2) is 24.3 Å². The molecule has 1 aromatic carbocycles. The van der Waals surface area contributed by atoms with Gasteiger partial charge in [0.25, 0.3) is 0 Å². The molecule has 1 fully saturated rings. The highest BCUT2D eigenvalue weighted by molar-refractivity contribution is 7.90. The molecule has 0 radical (unpaired) electrons. The first-order chi connectivity index (χ1) is 9.95. The Morgan fingerprint density at radius 1 is 1.33 bits per heavy atom. The summed E-state index contributed by atoms with van der Waals surface area (Å²) in [7, 11) is -3.97. The summed E-state index contributed by atoms with van der Waals surface area (Å²) in [6, 6.07) is 5.41. The number of para-hydroxylation sites is 1. The lowest BCUT2D eigenvalue weighted by atomic mass is 10.1. The zero-order chi connectivity index (χ0) is 15.5. The number of rotatable bonds is 5. The highest BCUT2D eigenvalue weighted by Gasteiger charge is 2.36. The Morgan fingerprint density at radius 2 is 2.05 bits per heavy atom. The lowest BCUT2D eigenvalue weighted by Gasteiger charge is -2.32. The molecule has 0 spiro atoms. The molecule has 1 unspecified atom stereocenters. The molecule has 1 aliphatic rings. The van der Waals surface area contributed by atoms with Gasteiger partial charge in [0.15, 0.2) is 0 Å². The lowest BCUT2D eigenvalue weighted by Crippen LogP contribution is -2.50. The van der Waals surface area contributed by atoms with E-state index in [4.69, 9.17) is 5.11 Å². The molecule has 21 heavy (non-hydrogen) atoms. The van der Waals surface area contributed by atoms with E-state index in [0.717, 1.165) is 4.31 Å². The van der Waals surface area contributed by atoms with Crippen molar-refractivity contribution in [2.75, 3.05) is 11.3 Å². The van der Waals surface area contributed by atoms with E-state index in [2.05, 4.69) is 4.72 Å². The largest absolute Gasteiger partial charge is 0.480 e. The molecule has 116 valence electrons. The quantitative estimate of drug-likeness (QED) is 0.744. The number of hydrogen-bond donors (Lipinski definition) is 3. The molecule has 2 rings (SSSR count). The van der Waals surface area contributed by atoms with Gasteiger partial charge >= 0.3 is 16.2 Å². The molecule has 8 heteroatoms. The summed E-state index contributed by atoms with van der Waals surface area (Å²) in [6.07, 6.45) is 1.63. The fraction of sp³-hybridized carbons (Fsp3) is 0.462. The zero-order valence-electron chi connectivity index (χ0n) is 11.4. The van der Waals surface area contributed by atoms with E-state index in [0.29, 0.717) is 24.8 Å². The van der Waals surface area contributed by atoms with Crippen LogP contribution in [0.2, 0.25) is 0 Å². The number of piperidine rings is 1. The van der Waals surface area contributed by atoms with Crippen molar-refractivity contribution in [3.63, 3.8) is 0 Å². The molecule has 0 aliphatic carbocycles. The maximum absolute atomic E-state index is 12.4. The summed E-state index contributed by atoms with van der Waals surface area (Å²) < 4.78 is 28.2. The average molecular weight is 314 g/mol. The van der Waals surface area contributed by atoms with Gasteiger partial charge < -0.3 is 10.2 Å². The SMILES string of the molecule is O=C(O)C1CCCCN1S(=O)(=O)Nc1ccccc1CO. The van der Waals surface area contributed by atoms with Gasteiger partial charge in [0.2, 0.25) is 0 Å². The third-order valence-electron chi connectivity index (χ3n) is 3.47. The smallest absolute Gasteiger partial charge is 0.322 e. The topological polar surface area (TPSA) is 107 Å². The maximum atomic E-state index is 12.4. The number of anilines is 1. The van der Waals surface area contributed by atoms with Crippen molar-refractivity contribution in [3.8, 4) is 0 Å². The van der Waals surface area contributed by atoms with Crippen LogP contribution in [0.25, 0.3) is 0 Å². The highest BCUT2D eigenvalue weighted by atomic mass is 32.2. The second-order valence-corrected chi connectivity index (χ2v) is 6.51. The Morgan fingerprint density at radius 3 is 2.71 bits per heavy atom. The van der Waals surface area contributed by atoms with E-state index in [1.54, 1.807) is 18.2 Å². The predicted molar refractivity (Wildman–Crippen MR) is 76.9 cm³/mol. The van der Waals surface area contributed by atoms with Crippen molar-refractivity contribution in [2.45, 2.75) is 31.9 Å². The van der Waals surface area contributed by atoms with Gasteiger partial charge in [-0.1, -0.05) is 18.2 Å². The summed E-state index contributed by atoms with van der Waals surface area (Å²) in [5.74, 6) is -1.14. The van der Waals surface area contributed by atoms with Crippen molar-refractivity contribution in [1.29, 1.82) is 0 Å². The molecule has 7 nitrogen and oxygen atoms in total. The molecular formula is C13H18N2O5S. The normalized spacial score (nSPS) is 20.1. The van der Waals surface area contributed by atoms with Crippen LogP contribution in [0.5, 0.6) is 0 Å². The van der Waals surface area contributed by atoms with Crippen LogP contribution in [0.1, 0.15) is 24.8 Å². The highest BCUT2D eigenvalue weighted by Crippen LogP contribution is 2.24. The summed E-state index contributed by atoms with van der Waals surface area (Å²) in [5.41, 5.74) is 0.694. The number of aliphatic hydroxyl groups is 1. The van der Waals surface area contributed by atoms with E-state index >= 15 is 0 Å². The Balaban J connectivity index is 2.26. The maximum Gasteiger partial charge on any atom is 0.322 e. The fourth-order valence-electron chi connectivity index (χ4n) is 2.39. The van der Waals surface area contributed by atoms with Gasteiger partial charge in [0.05, 0.1) is 12.3 Å². The Kier molecular flexibility index (Phi) is 4.81. The molecule has 0 aromatic heterocycles. The molecule has 0 amide bonds. The Hall–Kier alpha value is -1.64. The van der Waals surface area contributed by atoms with Crippen molar-refractivity contribution < 1.29 is 23.4 Å². The van der Waals surface area contributed by atoms with Gasteiger partial charge in [0, 0.05) is 12.1 Å². The standard InChI is InChI=1S/C13H18N2O5S/c16-9-10-5-1-2-6-11(10)14-21(19,20)15-8-4-3-7-12(15)13(17)18/h1-2,5-6,12,14,16H,3-4,7-9H2,(H,17,18). The van der Waals surface area contributed by atoms with Crippen molar-refractivity contribution in [2.24, 2.45) is 0 Å². The van der Waals surface area contributed by atoms with Gasteiger partial charge in [-0.15, -0.1) is 0 Å². The first-order valence-electron chi connectivity index (χ1n) is 6.67. The second-order valence-electron chi connectivity index (χ2n) is 4.88. The van der Waals surface area contributed by atoms with Gasteiger partial charge in [0.1, 0.15) is 6.04 Å². The fourth-order valence-corrected chi connectivity index (χ4v) is 3.89. The van der Waals surface area contributed by atoms with E-state index in [1.807, 2.05) is 0 Å². The minimum Gasteiger partial charge on any atom is -0.480 e. The monoisotopic (exact) mass is 314 g/mol. The third-order valence-corrected chi connectivity index (χ3v) is 5.01. The van der Waals surface area contributed by atoms with Gasteiger partial charge in [-0.05, 0) is 25.3 Å². The van der Waals surface area contributed by atoms with Crippen LogP contribution in [0.4, 0.5) is 5.69 Å². The third kappa shape index (κ3) is 3.52. The van der Waals surface area contributed by atoms with Crippen LogP contribution in [0.3, 0.4) is 0 Å². The van der Waals surface area contributed by atoms with Gasteiger partial charge in [-0.3, -0.25) is 9.52 Å². The van der Waals surface area contributed by atoms with Gasteiger partial charge in [-0.25, -0.2) is 0 Å². The minimum absolute atomic E-state index is 0.174. The molecule has 1 atom stereocenters. The number of aliphatic hydroxyl groups excluding tert-OH is 1. The van der Waals surface area contributed by atoms with E-state index in [9.17, 15) is 18.3 Å². The number of carboxylic acids is 1. The number of carbonyl (C=O) groups is 1. The Labute approximate surface area is 123 Å². The molecule has 1 saturated heterocycles. The van der Waals surface area contributed by atoms with Gasteiger partial charge in [-0.2, -0.15) is 12.7 Å². The van der Waals surface area contributed by atoms with E-state index < -0.39 is 22.2 Å². The number of benzene rings is 1. The summed E-state index contributed by atoms with van der Waals surface area (Å²) in [5, 5.41) is 18.4. The van der Waals surface area contributed by atoms with Crippen molar-refractivity contribution in [1.82, 2.24) is 4.31 Å². The average Bonchev–Trinajstić information content (AvgIpc) is 2.47. The van der Waals surface area contributed by atoms with E-state index in [-0.39, 0.29) is 18.8 Å². The number of aliphatic carboxylic acids is 1. The molecule has 1 heterocycles. The number of carboxylic acid groups (broad SMARTS) is 1. The first kappa shape index (κ1) is 15.7. The van der Waals surface area contributed by atoms with Crippen LogP contribution in [-0.4, -0.2) is 41.5 Å². The van der Waals surface area contributed by atoms with Crippen LogP contribution >= 0.6 is 0 Å². The van der Waals surface area contributed by atoms with Crippen LogP contribution in [-0.2, 0) is 21.6 Å². The summed E-state index contributed by atoms with van der Waals surface area (Å²) in [4.78, 5) is 11.2. The molecule has 1 aromatic rings. The minimum atomic E-state index is -3.97. The molecule has 0 bridgehead atoms. The first-order valence-corrected chi connectivity index (χ1v) is 8.11. The van der Waals surface area contributed by atoms with Crippen molar-refractivity contribution in [3.05, 3.63) is 29.8 Å². The molecule has 0 saturated carbocycles. The van der Waals surface area contributed by atoms with Crippen LogP contribution in [0, 0.1) is 0 Å². The molecule has 1 aliphatic heterocycles. The number of nitrogens with one attached hydrogen (secondary N) is 1. The second kappa shape index (κ2) is 6.42. The number of hydrogen-bond acceptors (Lipinski definition) is 4. The predicted octanol–water partition coefficient (Wildman–Crippen LogP) is 0.775. The zero-order valence-corrected chi connectivity index (χ0v) is 12.2. The lowest BCUT2D eigenvalue weighted by molar-refractivity contribution is -0.142. The number of nitrogens with zero attached hydrogens (tertiary/aromatic N) is 1.